The lowest BCUT2D eigenvalue weighted by molar-refractivity contribution is -0.119. The molecule has 1 aromatic rings. The van der Waals surface area contributed by atoms with Crippen molar-refractivity contribution in [2.75, 3.05) is 19.6 Å². The largest absolute Gasteiger partial charge is 0.369 e. The van der Waals surface area contributed by atoms with Crippen molar-refractivity contribution in [3.63, 3.8) is 0 Å². The highest BCUT2D eigenvalue weighted by molar-refractivity contribution is 5.94. The van der Waals surface area contributed by atoms with Gasteiger partial charge in [-0.05, 0) is 31.0 Å². The molecule has 1 aromatic carbocycles. The fourth-order valence-corrected chi connectivity index (χ4v) is 2.35. The Hall–Kier alpha value is -1.95. The van der Waals surface area contributed by atoms with E-state index in [4.69, 9.17) is 5.73 Å². The molecule has 2 rings (SSSR count). The van der Waals surface area contributed by atoms with Crippen LogP contribution < -0.4 is 11.1 Å². The number of rotatable bonds is 4. The zero-order valence-electron chi connectivity index (χ0n) is 11.1. The van der Waals surface area contributed by atoms with E-state index < -0.39 is 5.82 Å². The number of halogens is 1. The number of hydrogen-bond donors (Lipinski definition) is 2. The lowest BCUT2D eigenvalue weighted by Gasteiger charge is -2.31. The van der Waals surface area contributed by atoms with Crippen molar-refractivity contribution in [1.82, 2.24) is 10.2 Å². The predicted octanol–water partition coefficient (Wildman–Crippen LogP) is 0.505. The zero-order chi connectivity index (χ0) is 14.5. The fraction of sp³-hybridized carbons (Fsp3) is 0.429. The summed E-state index contributed by atoms with van der Waals surface area (Å²) >= 11 is 0. The van der Waals surface area contributed by atoms with Crippen LogP contribution in [0.4, 0.5) is 4.39 Å². The van der Waals surface area contributed by atoms with E-state index in [1.807, 2.05) is 4.90 Å². The molecule has 0 radical (unpaired) electrons. The predicted molar refractivity (Wildman–Crippen MR) is 72.5 cm³/mol. The summed E-state index contributed by atoms with van der Waals surface area (Å²) in [6.45, 7) is 1.69. The van der Waals surface area contributed by atoms with Gasteiger partial charge >= 0.3 is 0 Å². The SMILES string of the molecule is NC(=O)CN1CCC(NC(=O)c2cccc(F)c2)CC1. The third-order valence-electron chi connectivity index (χ3n) is 3.39. The summed E-state index contributed by atoms with van der Waals surface area (Å²) in [6.07, 6.45) is 1.52. The molecule has 6 heteroatoms. The van der Waals surface area contributed by atoms with E-state index in [9.17, 15) is 14.0 Å². The molecule has 1 fully saturated rings. The average Bonchev–Trinajstić information content (AvgIpc) is 2.40. The van der Waals surface area contributed by atoms with Crippen molar-refractivity contribution in [3.8, 4) is 0 Å². The van der Waals surface area contributed by atoms with Crippen LogP contribution in [0.3, 0.4) is 0 Å². The first-order chi connectivity index (χ1) is 9.54. The first-order valence-electron chi connectivity index (χ1n) is 6.61. The molecule has 1 aliphatic rings. The lowest BCUT2D eigenvalue weighted by Crippen LogP contribution is -2.46. The fourth-order valence-electron chi connectivity index (χ4n) is 2.35. The maximum atomic E-state index is 13.0. The van der Waals surface area contributed by atoms with Gasteiger partial charge in [-0.15, -0.1) is 0 Å². The summed E-state index contributed by atoms with van der Waals surface area (Å²) in [5, 5.41) is 2.89. The standard InChI is InChI=1S/C14H18FN3O2/c15-11-3-1-2-10(8-11)14(20)17-12-4-6-18(7-5-12)9-13(16)19/h1-3,8,12H,4-7,9H2,(H2,16,19)(H,17,20). The topological polar surface area (TPSA) is 75.4 Å². The van der Waals surface area contributed by atoms with Gasteiger partial charge in [0.15, 0.2) is 0 Å². The van der Waals surface area contributed by atoms with Crippen molar-refractivity contribution in [2.24, 2.45) is 5.73 Å². The van der Waals surface area contributed by atoms with Crippen LogP contribution in [0, 0.1) is 5.82 Å². The molecule has 0 aromatic heterocycles. The quantitative estimate of drug-likeness (QED) is 0.843. The normalized spacial score (nSPS) is 16.9. The van der Waals surface area contributed by atoms with Crippen molar-refractivity contribution < 1.29 is 14.0 Å². The minimum Gasteiger partial charge on any atom is -0.369 e. The Morgan fingerprint density at radius 1 is 1.35 bits per heavy atom. The van der Waals surface area contributed by atoms with Gasteiger partial charge in [-0.25, -0.2) is 4.39 Å². The van der Waals surface area contributed by atoms with E-state index >= 15 is 0 Å². The molecule has 5 nitrogen and oxygen atoms in total. The van der Waals surface area contributed by atoms with Crippen molar-refractivity contribution >= 4 is 11.8 Å². The number of likely N-dealkylation sites (tertiary alicyclic amines) is 1. The Morgan fingerprint density at radius 2 is 2.05 bits per heavy atom. The van der Waals surface area contributed by atoms with Crippen LogP contribution in [0.1, 0.15) is 23.2 Å². The van der Waals surface area contributed by atoms with E-state index in [1.54, 1.807) is 6.07 Å². The van der Waals surface area contributed by atoms with E-state index in [1.165, 1.54) is 18.2 Å². The van der Waals surface area contributed by atoms with Crippen LogP contribution in [0.2, 0.25) is 0 Å². The number of piperidine rings is 1. The number of amides is 2. The maximum Gasteiger partial charge on any atom is 0.251 e. The first-order valence-corrected chi connectivity index (χ1v) is 6.61. The lowest BCUT2D eigenvalue weighted by atomic mass is 10.0. The van der Waals surface area contributed by atoms with Gasteiger partial charge in [0.2, 0.25) is 5.91 Å². The third-order valence-corrected chi connectivity index (χ3v) is 3.39. The Kier molecular flexibility index (Phi) is 4.68. The Balaban J connectivity index is 1.83. The van der Waals surface area contributed by atoms with Gasteiger partial charge in [-0.2, -0.15) is 0 Å². The van der Waals surface area contributed by atoms with Gasteiger partial charge in [0.25, 0.3) is 5.91 Å². The Morgan fingerprint density at radius 3 is 2.65 bits per heavy atom. The molecular weight excluding hydrogens is 261 g/mol. The molecule has 0 atom stereocenters. The summed E-state index contributed by atoms with van der Waals surface area (Å²) in [4.78, 5) is 24.7. The second kappa shape index (κ2) is 6.47. The third kappa shape index (κ3) is 4.03. The number of carbonyl (C=O) groups excluding carboxylic acids is 2. The summed E-state index contributed by atoms with van der Waals surface area (Å²) in [5.74, 6) is -1.03. The monoisotopic (exact) mass is 279 g/mol. The highest BCUT2D eigenvalue weighted by Crippen LogP contribution is 2.11. The van der Waals surface area contributed by atoms with Crippen LogP contribution in [0.25, 0.3) is 0 Å². The number of nitrogens with two attached hydrogens (primary N) is 1. The van der Waals surface area contributed by atoms with Crippen molar-refractivity contribution in [1.29, 1.82) is 0 Å². The second-order valence-corrected chi connectivity index (χ2v) is 5.00. The highest BCUT2D eigenvalue weighted by Gasteiger charge is 2.21. The average molecular weight is 279 g/mol. The maximum absolute atomic E-state index is 13.0. The van der Waals surface area contributed by atoms with Gasteiger partial charge in [0.1, 0.15) is 5.82 Å². The van der Waals surface area contributed by atoms with Gasteiger partial charge in [0.05, 0.1) is 6.54 Å². The molecule has 1 heterocycles. The van der Waals surface area contributed by atoms with Crippen LogP contribution in [-0.2, 0) is 4.79 Å². The minimum atomic E-state index is -0.422. The summed E-state index contributed by atoms with van der Waals surface area (Å²) in [6, 6.07) is 5.67. The molecule has 0 bridgehead atoms. The Bertz CT molecular complexity index is 499. The van der Waals surface area contributed by atoms with Crippen LogP contribution >= 0.6 is 0 Å². The molecule has 0 unspecified atom stereocenters. The smallest absolute Gasteiger partial charge is 0.251 e. The van der Waals surface area contributed by atoms with Crippen molar-refractivity contribution in [3.05, 3.63) is 35.6 Å². The zero-order valence-corrected chi connectivity index (χ0v) is 11.1. The first kappa shape index (κ1) is 14.5. The van der Waals surface area contributed by atoms with Crippen LogP contribution in [0.5, 0.6) is 0 Å². The molecule has 1 aliphatic heterocycles. The van der Waals surface area contributed by atoms with Crippen molar-refractivity contribution in [2.45, 2.75) is 18.9 Å². The molecule has 2 amide bonds. The molecule has 108 valence electrons. The second-order valence-electron chi connectivity index (χ2n) is 5.00. The summed E-state index contributed by atoms with van der Waals surface area (Å²) in [7, 11) is 0. The molecule has 20 heavy (non-hydrogen) atoms. The van der Waals surface area contributed by atoms with Gasteiger partial charge < -0.3 is 11.1 Å². The molecule has 1 saturated heterocycles. The van der Waals surface area contributed by atoms with Crippen LogP contribution in [0.15, 0.2) is 24.3 Å². The Labute approximate surface area is 116 Å². The van der Waals surface area contributed by atoms with Gasteiger partial charge in [0, 0.05) is 24.7 Å². The molecule has 3 N–H and O–H groups in total. The number of nitrogens with one attached hydrogen (secondary N) is 1. The summed E-state index contributed by atoms with van der Waals surface area (Å²) in [5.41, 5.74) is 5.47. The molecule has 0 spiro atoms. The van der Waals surface area contributed by atoms with Gasteiger partial charge in [-0.1, -0.05) is 6.07 Å². The van der Waals surface area contributed by atoms with E-state index in [-0.39, 0.29) is 24.4 Å². The highest BCUT2D eigenvalue weighted by atomic mass is 19.1. The molecular formula is C14H18FN3O2. The minimum absolute atomic E-state index is 0.0508. The van der Waals surface area contributed by atoms with E-state index in [0.29, 0.717) is 5.56 Å². The number of nitrogens with zero attached hydrogens (tertiary/aromatic N) is 1. The molecule has 0 saturated carbocycles. The van der Waals surface area contributed by atoms with E-state index in [2.05, 4.69) is 5.32 Å². The molecule has 0 aliphatic carbocycles. The summed E-state index contributed by atoms with van der Waals surface area (Å²) < 4.78 is 13.0. The van der Waals surface area contributed by atoms with Crippen LogP contribution in [-0.4, -0.2) is 42.4 Å². The number of benzene rings is 1. The number of hydrogen-bond acceptors (Lipinski definition) is 3. The number of carbonyl (C=O) groups is 2. The number of primary amides is 1. The van der Waals surface area contributed by atoms with Gasteiger partial charge in [-0.3, -0.25) is 14.5 Å². The van der Waals surface area contributed by atoms with E-state index in [0.717, 1.165) is 25.9 Å².